The van der Waals surface area contributed by atoms with Gasteiger partial charge in [0.15, 0.2) is 17.5 Å². The number of anilines is 1. The third kappa shape index (κ3) is 6.32. The van der Waals surface area contributed by atoms with E-state index in [4.69, 9.17) is 0 Å². The minimum atomic E-state index is -1.66. The second-order valence-corrected chi connectivity index (χ2v) is 6.83. The van der Waals surface area contributed by atoms with Crippen LogP contribution in [0.4, 0.5) is 18.9 Å². The number of likely N-dealkylation sites (N-methyl/N-ethyl adjacent to an activating group) is 1. The summed E-state index contributed by atoms with van der Waals surface area (Å²) in [5, 5.41) is 5.01. The van der Waals surface area contributed by atoms with Crippen LogP contribution >= 0.6 is 0 Å². The van der Waals surface area contributed by atoms with Gasteiger partial charge in [-0.3, -0.25) is 14.5 Å². The average Bonchev–Trinajstić information content (AvgIpc) is 2.68. The zero-order valence-electron chi connectivity index (χ0n) is 16.6. The highest BCUT2D eigenvalue weighted by Crippen LogP contribution is 2.19. The second kappa shape index (κ2) is 10.1. The first kappa shape index (κ1) is 22.4. The lowest BCUT2D eigenvalue weighted by molar-refractivity contribution is -0.123. The molecule has 0 fully saturated rings. The number of amides is 2. The van der Waals surface area contributed by atoms with Crippen molar-refractivity contribution < 1.29 is 22.8 Å². The van der Waals surface area contributed by atoms with Crippen molar-refractivity contribution in [2.24, 2.45) is 0 Å². The molecule has 2 aromatic carbocycles. The molecule has 0 heterocycles. The van der Waals surface area contributed by atoms with Crippen molar-refractivity contribution in [3.63, 3.8) is 0 Å². The van der Waals surface area contributed by atoms with Gasteiger partial charge in [0.05, 0.1) is 24.8 Å². The molecule has 0 aliphatic heterocycles. The number of halogens is 3. The molecule has 0 aromatic heterocycles. The number of benzene rings is 2. The van der Waals surface area contributed by atoms with Gasteiger partial charge in [0.1, 0.15) is 0 Å². The van der Waals surface area contributed by atoms with E-state index in [-0.39, 0.29) is 25.0 Å². The van der Waals surface area contributed by atoms with Crippen LogP contribution in [0.2, 0.25) is 0 Å². The topological polar surface area (TPSA) is 61.4 Å². The lowest BCUT2D eigenvalue weighted by Gasteiger charge is -2.19. The molecule has 2 amide bonds. The highest BCUT2D eigenvalue weighted by atomic mass is 19.2. The molecule has 0 aliphatic carbocycles. The lowest BCUT2D eigenvalue weighted by atomic mass is 10.1. The van der Waals surface area contributed by atoms with Crippen molar-refractivity contribution in [3.8, 4) is 0 Å². The van der Waals surface area contributed by atoms with Crippen LogP contribution in [0.3, 0.4) is 0 Å². The van der Waals surface area contributed by atoms with E-state index in [0.717, 1.165) is 24.1 Å². The summed E-state index contributed by atoms with van der Waals surface area (Å²) in [6.07, 6.45) is 0.933. The smallest absolute Gasteiger partial charge is 0.238 e. The molecule has 2 aromatic rings. The summed E-state index contributed by atoms with van der Waals surface area (Å²) >= 11 is 0. The summed E-state index contributed by atoms with van der Waals surface area (Å²) in [7, 11) is 1.54. The SMILES string of the molecule is CCc1ccc([C@@H](C)NC(=O)CN(C)CC(=O)Nc2ccc(F)c(F)c2F)cc1. The predicted octanol–water partition coefficient (Wildman–Crippen LogP) is 3.41. The molecule has 0 unspecified atom stereocenters. The van der Waals surface area contributed by atoms with Crippen LogP contribution in [0.25, 0.3) is 0 Å². The number of nitrogens with one attached hydrogen (secondary N) is 2. The summed E-state index contributed by atoms with van der Waals surface area (Å²) in [6, 6.07) is 9.38. The van der Waals surface area contributed by atoms with Crippen LogP contribution < -0.4 is 10.6 Å². The number of carbonyl (C=O) groups is 2. The zero-order chi connectivity index (χ0) is 21.6. The molecule has 0 aliphatic rings. The molecule has 1 atom stereocenters. The summed E-state index contributed by atoms with van der Waals surface area (Å²) < 4.78 is 39.8. The zero-order valence-corrected chi connectivity index (χ0v) is 16.6. The van der Waals surface area contributed by atoms with Crippen molar-refractivity contribution in [1.29, 1.82) is 0 Å². The maximum absolute atomic E-state index is 13.6. The van der Waals surface area contributed by atoms with Crippen molar-refractivity contribution in [1.82, 2.24) is 10.2 Å². The van der Waals surface area contributed by atoms with E-state index in [1.165, 1.54) is 10.5 Å². The fourth-order valence-electron chi connectivity index (χ4n) is 2.77. The quantitative estimate of drug-likeness (QED) is 0.660. The molecule has 156 valence electrons. The molecular formula is C21H24F3N3O2. The van der Waals surface area contributed by atoms with E-state index in [9.17, 15) is 22.8 Å². The van der Waals surface area contributed by atoms with E-state index < -0.39 is 29.0 Å². The Kier molecular flexibility index (Phi) is 7.78. The normalized spacial score (nSPS) is 12.0. The van der Waals surface area contributed by atoms with Gasteiger partial charge >= 0.3 is 0 Å². The third-order valence-electron chi connectivity index (χ3n) is 4.40. The summed E-state index contributed by atoms with van der Waals surface area (Å²) in [5.41, 5.74) is 1.70. The molecule has 29 heavy (non-hydrogen) atoms. The Hall–Kier alpha value is -2.87. The fraction of sp³-hybridized carbons (Fsp3) is 0.333. The van der Waals surface area contributed by atoms with Crippen LogP contribution in [0.15, 0.2) is 36.4 Å². The molecular weight excluding hydrogens is 383 g/mol. The number of aryl methyl sites for hydroxylation is 1. The molecule has 5 nitrogen and oxygen atoms in total. The number of nitrogens with zero attached hydrogens (tertiary/aromatic N) is 1. The number of carbonyl (C=O) groups excluding carboxylic acids is 2. The molecule has 0 saturated carbocycles. The summed E-state index contributed by atoms with van der Waals surface area (Å²) in [6.45, 7) is 3.63. The van der Waals surface area contributed by atoms with Crippen molar-refractivity contribution in [3.05, 3.63) is 65.0 Å². The lowest BCUT2D eigenvalue weighted by Crippen LogP contribution is -2.39. The van der Waals surface area contributed by atoms with E-state index in [1.807, 2.05) is 31.2 Å². The maximum Gasteiger partial charge on any atom is 0.238 e. The fourth-order valence-corrected chi connectivity index (χ4v) is 2.77. The predicted molar refractivity (Wildman–Crippen MR) is 105 cm³/mol. The molecule has 0 spiro atoms. The van der Waals surface area contributed by atoms with Gasteiger partial charge in [-0.05, 0) is 43.7 Å². The van der Waals surface area contributed by atoms with Gasteiger partial charge in [-0.25, -0.2) is 13.2 Å². The van der Waals surface area contributed by atoms with Crippen LogP contribution in [0.5, 0.6) is 0 Å². The van der Waals surface area contributed by atoms with Crippen LogP contribution in [0, 0.1) is 17.5 Å². The number of rotatable bonds is 8. The van der Waals surface area contributed by atoms with Gasteiger partial charge in [-0.1, -0.05) is 31.2 Å². The van der Waals surface area contributed by atoms with Gasteiger partial charge in [0, 0.05) is 0 Å². The van der Waals surface area contributed by atoms with Crippen LogP contribution in [0.1, 0.15) is 31.0 Å². The Balaban J connectivity index is 1.84. The molecule has 0 bridgehead atoms. The molecule has 8 heteroatoms. The molecule has 2 rings (SSSR count). The van der Waals surface area contributed by atoms with E-state index in [1.54, 1.807) is 7.05 Å². The van der Waals surface area contributed by atoms with Gasteiger partial charge in [-0.15, -0.1) is 0 Å². The molecule has 0 saturated heterocycles. The van der Waals surface area contributed by atoms with E-state index >= 15 is 0 Å². The van der Waals surface area contributed by atoms with Crippen LogP contribution in [-0.4, -0.2) is 36.9 Å². The van der Waals surface area contributed by atoms with Gasteiger partial charge in [-0.2, -0.15) is 0 Å². The monoisotopic (exact) mass is 407 g/mol. The first-order valence-electron chi connectivity index (χ1n) is 9.21. The first-order chi connectivity index (χ1) is 13.7. The Labute approximate surface area is 167 Å². The van der Waals surface area contributed by atoms with E-state index in [0.29, 0.717) is 0 Å². The van der Waals surface area contributed by atoms with Gasteiger partial charge < -0.3 is 10.6 Å². The van der Waals surface area contributed by atoms with E-state index in [2.05, 4.69) is 17.6 Å². The standard InChI is InChI=1S/C21H24F3N3O2/c1-4-14-5-7-15(8-6-14)13(2)25-18(28)11-27(3)12-19(29)26-17-10-9-16(22)20(23)21(17)24/h5-10,13H,4,11-12H2,1-3H3,(H,25,28)(H,26,29)/t13-/m1/s1. The number of hydrogen-bond donors (Lipinski definition) is 2. The Morgan fingerprint density at radius 1 is 0.966 bits per heavy atom. The van der Waals surface area contributed by atoms with Crippen LogP contribution in [-0.2, 0) is 16.0 Å². The van der Waals surface area contributed by atoms with Gasteiger partial charge in [0.25, 0.3) is 0 Å². The number of hydrogen-bond acceptors (Lipinski definition) is 3. The highest BCUT2D eigenvalue weighted by Gasteiger charge is 2.17. The van der Waals surface area contributed by atoms with Gasteiger partial charge in [0.2, 0.25) is 11.8 Å². The third-order valence-corrected chi connectivity index (χ3v) is 4.40. The highest BCUT2D eigenvalue weighted by molar-refractivity contribution is 5.92. The Morgan fingerprint density at radius 3 is 2.21 bits per heavy atom. The van der Waals surface area contributed by atoms with Crippen molar-refractivity contribution in [2.45, 2.75) is 26.3 Å². The molecule has 2 N–H and O–H groups in total. The van der Waals surface area contributed by atoms with Crippen molar-refractivity contribution in [2.75, 3.05) is 25.5 Å². The Morgan fingerprint density at radius 2 is 1.59 bits per heavy atom. The first-order valence-corrected chi connectivity index (χ1v) is 9.21. The molecule has 0 radical (unpaired) electrons. The minimum absolute atomic E-state index is 0.0644. The largest absolute Gasteiger partial charge is 0.348 e. The average molecular weight is 407 g/mol. The Bertz CT molecular complexity index is 872. The maximum atomic E-state index is 13.6. The second-order valence-electron chi connectivity index (χ2n) is 6.83. The minimum Gasteiger partial charge on any atom is -0.348 e. The summed E-state index contributed by atoms with van der Waals surface area (Å²) in [4.78, 5) is 25.6. The summed E-state index contributed by atoms with van der Waals surface area (Å²) in [5.74, 6) is -5.41. The van der Waals surface area contributed by atoms with Crippen molar-refractivity contribution >= 4 is 17.5 Å².